The van der Waals surface area contributed by atoms with Crippen LogP contribution in [-0.2, 0) is 11.2 Å². The number of carbonyl (C=O) groups is 1. The van der Waals surface area contributed by atoms with E-state index in [1.807, 2.05) is 29.3 Å². The van der Waals surface area contributed by atoms with Crippen molar-refractivity contribution in [2.45, 2.75) is 25.8 Å². The van der Waals surface area contributed by atoms with Crippen LogP contribution >= 0.6 is 0 Å². The van der Waals surface area contributed by atoms with E-state index < -0.39 is 0 Å². The molecule has 0 unspecified atom stereocenters. The maximum atomic E-state index is 12.6. The van der Waals surface area contributed by atoms with E-state index in [0.29, 0.717) is 6.42 Å². The van der Waals surface area contributed by atoms with Crippen LogP contribution in [0.4, 0.5) is 0 Å². The molecule has 5 nitrogen and oxygen atoms in total. The molecular weight excluding hydrogens is 288 g/mol. The second-order valence-electron chi connectivity index (χ2n) is 5.94. The fourth-order valence-electron chi connectivity index (χ4n) is 3.20. The Balaban J connectivity index is 1.60. The van der Waals surface area contributed by atoms with E-state index in [-0.39, 0.29) is 11.9 Å². The molecule has 0 radical (unpaired) electrons. The topological polar surface area (TPSA) is 52.2 Å². The first-order valence-corrected chi connectivity index (χ1v) is 8.33. The van der Waals surface area contributed by atoms with E-state index in [1.165, 1.54) is 5.56 Å². The van der Waals surface area contributed by atoms with Gasteiger partial charge in [0.25, 0.3) is 0 Å². The lowest BCUT2D eigenvalue weighted by atomic mass is 10.1. The van der Waals surface area contributed by atoms with Crippen molar-refractivity contribution in [1.82, 2.24) is 19.8 Å². The molecule has 1 atom stereocenters. The fraction of sp³-hybridized carbons (Fsp3) is 0.444. The standard InChI is InChI=1S/C18H24N4O/c1-2-21-12-13-22(14-16(21)18-19-10-11-20-18)17(23)9-8-15-6-4-3-5-7-15/h3-7,10-11,16H,2,8-9,12-14H2,1H3,(H,19,20)/t16-/m0/s1. The largest absolute Gasteiger partial charge is 0.347 e. The Kier molecular flexibility index (Phi) is 5.08. The fourth-order valence-corrected chi connectivity index (χ4v) is 3.20. The molecule has 1 fully saturated rings. The van der Waals surface area contributed by atoms with Crippen LogP contribution in [0.3, 0.4) is 0 Å². The average molecular weight is 312 g/mol. The average Bonchev–Trinajstić information content (AvgIpc) is 3.14. The van der Waals surface area contributed by atoms with Gasteiger partial charge in [0, 0.05) is 38.4 Å². The van der Waals surface area contributed by atoms with Crippen LogP contribution in [0.5, 0.6) is 0 Å². The molecule has 1 aromatic heterocycles. The molecule has 1 saturated heterocycles. The molecule has 2 heterocycles. The maximum absolute atomic E-state index is 12.6. The van der Waals surface area contributed by atoms with E-state index in [4.69, 9.17) is 0 Å². The minimum atomic E-state index is 0.171. The normalized spacial score (nSPS) is 19.0. The first-order valence-electron chi connectivity index (χ1n) is 8.33. The maximum Gasteiger partial charge on any atom is 0.223 e. The third-order valence-corrected chi connectivity index (χ3v) is 4.56. The Hall–Kier alpha value is -2.14. The van der Waals surface area contributed by atoms with Gasteiger partial charge in [0.1, 0.15) is 5.82 Å². The number of benzene rings is 1. The number of carbonyl (C=O) groups excluding carboxylic acids is 1. The van der Waals surface area contributed by atoms with Crippen molar-refractivity contribution in [3.8, 4) is 0 Å². The van der Waals surface area contributed by atoms with Crippen molar-refractivity contribution in [1.29, 1.82) is 0 Å². The first kappa shape index (κ1) is 15.7. The highest BCUT2D eigenvalue weighted by atomic mass is 16.2. The lowest BCUT2D eigenvalue weighted by molar-refractivity contribution is -0.134. The summed E-state index contributed by atoms with van der Waals surface area (Å²) in [6.45, 7) is 5.55. The van der Waals surface area contributed by atoms with Gasteiger partial charge in [0.05, 0.1) is 6.04 Å². The third kappa shape index (κ3) is 3.79. The highest BCUT2D eigenvalue weighted by Gasteiger charge is 2.30. The van der Waals surface area contributed by atoms with Gasteiger partial charge in [-0.3, -0.25) is 9.69 Å². The van der Waals surface area contributed by atoms with Gasteiger partial charge in [-0.2, -0.15) is 0 Å². The Labute approximate surface area is 137 Å². The van der Waals surface area contributed by atoms with Gasteiger partial charge in [-0.05, 0) is 18.5 Å². The van der Waals surface area contributed by atoms with Crippen LogP contribution in [0.1, 0.15) is 30.8 Å². The van der Waals surface area contributed by atoms with E-state index in [1.54, 1.807) is 6.20 Å². The van der Waals surface area contributed by atoms with Gasteiger partial charge >= 0.3 is 0 Å². The van der Waals surface area contributed by atoms with Crippen molar-refractivity contribution < 1.29 is 4.79 Å². The van der Waals surface area contributed by atoms with Gasteiger partial charge < -0.3 is 9.88 Å². The van der Waals surface area contributed by atoms with Gasteiger partial charge in [-0.1, -0.05) is 37.3 Å². The number of hydrogen-bond acceptors (Lipinski definition) is 3. The van der Waals surface area contributed by atoms with Crippen LogP contribution in [-0.4, -0.2) is 51.9 Å². The van der Waals surface area contributed by atoms with E-state index in [9.17, 15) is 4.79 Å². The smallest absolute Gasteiger partial charge is 0.223 e. The number of nitrogens with one attached hydrogen (secondary N) is 1. The molecule has 1 aliphatic heterocycles. The van der Waals surface area contributed by atoms with Crippen LogP contribution in [0, 0.1) is 0 Å². The number of aryl methyl sites for hydroxylation is 1. The summed E-state index contributed by atoms with van der Waals surface area (Å²) in [5, 5.41) is 0. The van der Waals surface area contributed by atoms with E-state index in [2.05, 4.69) is 33.9 Å². The van der Waals surface area contributed by atoms with Crippen molar-refractivity contribution in [2.75, 3.05) is 26.2 Å². The molecule has 5 heteroatoms. The van der Waals surface area contributed by atoms with Crippen LogP contribution in [0.15, 0.2) is 42.7 Å². The number of nitrogens with zero attached hydrogens (tertiary/aromatic N) is 3. The van der Waals surface area contributed by atoms with Crippen molar-refractivity contribution in [2.24, 2.45) is 0 Å². The Bertz CT molecular complexity index is 611. The number of aromatic amines is 1. The number of H-pyrrole nitrogens is 1. The Morgan fingerprint density at radius 2 is 2.13 bits per heavy atom. The zero-order valence-electron chi connectivity index (χ0n) is 13.6. The molecule has 2 aromatic rings. The zero-order valence-corrected chi connectivity index (χ0v) is 13.6. The van der Waals surface area contributed by atoms with Gasteiger partial charge in [0.15, 0.2) is 0 Å². The summed E-state index contributed by atoms with van der Waals surface area (Å²) in [4.78, 5) is 24.5. The summed E-state index contributed by atoms with van der Waals surface area (Å²) < 4.78 is 0. The predicted molar refractivity (Wildman–Crippen MR) is 89.9 cm³/mol. The summed E-state index contributed by atoms with van der Waals surface area (Å²) in [6, 6.07) is 10.4. The third-order valence-electron chi connectivity index (χ3n) is 4.56. The number of likely N-dealkylation sites (N-methyl/N-ethyl adjacent to an activating group) is 1. The van der Waals surface area contributed by atoms with Gasteiger partial charge in [-0.25, -0.2) is 4.98 Å². The summed E-state index contributed by atoms with van der Waals surface area (Å²) in [6.07, 6.45) is 5.00. The quantitative estimate of drug-likeness (QED) is 0.921. The Morgan fingerprint density at radius 3 is 2.83 bits per heavy atom. The second kappa shape index (κ2) is 7.42. The first-order chi connectivity index (χ1) is 11.3. The molecule has 1 aliphatic rings. The molecule has 0 spiro atoms. The van der Waals surface area contributed by atoms with Gasteiger partial charge in [-0.15, -0.1) is 0 Å². The molecule has 23 heavy (non-hydrogen) atoms. The number of hydrogen-bond donors (Lipinski definition) is 1. The lowest BCUT2D eigenvalue weighted by Crippen LogP contribution is -2.50. The summed E-state index contributed by atoms with van der Waals surface area (Å²) in [5.74, 6) is 1.19. The highest BCUT2D eigenvalue weighted by molar-refractivity contribution is 5.76. The molecule has 1 N–H and O–H groups in total. The van der Waals surface area contributed by atoms with Crippen LogP contribution < -0.4 is 0 Å². The minimum absolute atomic E-state index is 0.171. The molecule has 0 aliphatic carbocycles. The summed E-state index contributed by atoms with van der Waals surface area (Å²) in [5.41, 5.74) is 1.22. The van der Waals surface area contributed by atoms with Crippen LogP contribution in [0.25, 0.3) is 0 Å². The zero-order chi connectivity index (χ0) is 16.1. The second-order valence-corrected chi connectivity index (χ2v) is 5.94. The molecule has 0 bridgehead atoms. The molecule has 0 saturated carbocycles. The molecule has 1 aromatic carbocycles. The Morgan fingerprint density at radius 1 is 1.30 bits per heavy atom. The number of imidazole rings is 1. The summed E-state index contributed by atoms with van der Waals surface area (Å²) in [7, 11) is 0. The number of amides is 1. The number of piperazine rings is 1. The molecule has 1 amide bonds. The molecule has 3 rings (SSSR count). The lowest BCUT2D eigenvalue weighted by Gasteiger charge is -2.40. The van der Waals surface area contributed by atoms with Crippen molar-refractivity contribution >= 4 is 5.91 Å². The van der Waals surface area contributed by atoms with E-state index in [0.717, 1.165) is 38.4 Å². The minimum Gasteiger partial charge on any atom is -0.347 e. The van der Waals surface area contributed by atoms with Crippen molar-refractivity contribution in [3.05, 3.63) is 54.1 Å². The van der Waals surface area contributed by atoms with Crippen LogP contribution in [0.2, 0.25) is 0 Å². The summed E-state index contributed by atoms with van der Waals surface area (Å²) >= 11 is 0. The van der Waals surface area contributed by atoms with E-state index >= 15 is 0 Å². The SMILES string of the molecule is CCN1CCN(C(=O)CCc2ccccc2)C[C@H]1c1ncc[nH]1. The highest BCUT2D eigenvalue weighted by Crippen LogP contribution is 2.23. The molecule has 122 valence electrons. The number of rotatable bonds is 5. The monoisotopic (exact) mass is 312 g/mol. The predicted octanol–water partition coefficient (Wildman–Crippen LogP) is 2.25. The van der Waals surface area contributed by atoms with Crippen molar-refractivity contribution in [3.63, 3.8) is 0 Å². The number of aromatic nitrogens is 2. The van der Waals surface area contributed by atoms with Gasteiger partial charge in [0.2, 0.25) is 5.91 Å². The molecular formula is C18H24N4O.